The Hall–Kier alpha value is -2.24. The zero-order chi connectivity index (χ0) is 16.6. The van der Waals surface area contributed by atoms with Gasteiger partial charge in [0.15, 0.2) is 5.78 Å². The number of hydrogen-bond donors (Lipinski definition) is 1. The molecule has 0 aliphatic heterocycles. The van der Waals surface area contributed by atoms with Crippen molar-refractivity contribution in [3.05, 3.63) is 67.5 Å². The highest BCUT2D eigenvalue weighted by Crippen LogP contribution is 2.23. The van der Waals surface area contributed by atoms with Gasteiger partial charge in [-0.05, 0) is 49.1 Å². The summed E-state index contributed by atoms with van der Waals surface area (Å²) in [6.45, 7) is 3.62. The lowest BCUT2D eigenvalue weighted by Gasteiger charge is -2.03. The summed E-state index contributed by atoms with van der Waals surface area (Å²) in [4.78, 5) is 32.3. The van der Waals surface area contributed by atoms with Gasteiger partial charge in [-0.1, -0.05) is 11.6 Å². The second-order valence-corrected chi connectivity index (χ2v) is 6.49. The van der Waals surface area contributed by atoms with Gasteiger partial charge in [-0.2, -0.15) is 0 Å². The number of thiophene rings is 1. The van der Waals surface area contributed by atoms with E-state index in [1.54, 1.807) is 25.3 Å². The van der Waals surface area contributed by atoms with Gasteiger partial charge in [0.1, 0.15) is 4.83 Å². The molecule has 3 aromatic heterocycles. The van der Waals surface area contributed by atoms with Crippen LogP contribution in [0.2, 0.25) is 5.02 Å². The Labute approximate surface area is 141 Å². The van der Waals surface area contributed by atoms with Gasteiger partial charge >= 0.3 is 0 Å². The summed E-state index contributed by atoms with van der Waals surface area (Å²) >= 11 is 7.55. The average molecular weight is 345 g/mol. The summed E-state index contributed by atoms with van der Waals surface area (Å²) in [5.41, 5.74) is 1.90. The molecule has 0 spiro atoms. The first kappa shape index (κ1) is 15.6. The molecule has 23 heavy (non-hydrogen) atoms. The van der Waals surface area contributed by atoms with Crippen LogP contribution in [0, 0.1) is 13.8 Å². The van der Waals surface area contributed by atoms with E-state index in [-0.39, 0.29) is 16.9 Å². The number of aromatic amines is 1. The number of ketones is 1. The Bertz CT molecular complexity index is 1000. The van der Waals surface area contributed by atoms with Crippen molar-refractivity contribution in [3.8, 4) is 0 Å². The molecule has 3 heterocycles. The molecule has 0 bridgehead atoms. The second-order valence-electron chi connectivity index (χ2n) is 5.16. The number of carbonyl (C=O) groups excluding carboxylic acids is 1. The molecule has 0 aliphatic carbocycles. The molecule has 116 valence electrons. The Morgan fingerprint density at radius 2 is 2.17 bits per heavy atom. The molecule has 0 saturated heterocycles. The fourth-order valence-electron chi connectivity index (χ4n) is 2.38. The molecule has 0 saturated carbocycles. The van der Waals surface area contributed by atoms with Gasteiger partial charge in [-0.15, -0.1) is 11.3 Å². The number of nitrogens with one attached hydrogen (secondary N) is 1. The van der Waals surface area contributed by atoms with Crippen molar-refractivity contribution in [1.29, 1.82) is 0 Å². The molecule has 6 heteroatoms. The van der Waals surface area contributed by atoms with Crippen LogP contribution in [-0.4, -0.2) is 15.8 Å². The fraction of sp³-hybridized carbons (Fsp3) is 0.118. The fourth-order valence-corrected chi connectivity index (χ4v) is 3.49. The molecule has 0 radical (unpaired) electrons. The highest BCUT2D eigenvalue weighted by Gasteiger charge is 2.15. The second kappa shape index (κ2) is 6.10. The van der Waals surface area contributed by atoms with Crippen LogP contribution in [-0.2, 0) is 0 Å². The summed E-state index contributed by atoms with van der Waals surface area (Å²) in [6, 6.07) is 3.62. The summed E-state index contributed by atoms with van der Waals surface area (Å²) in [5, 5.41) is 3.29. The first-order valence-corrected chi connectivity index (χ1v) is 8.18. The van der Waals surface area contributed by atoms with E-state index in [0.717, 1.165) is 15.9 Å². The van der Waals surface area contributed by atoms with Crippen LogP contribution < -0.4 is 5.56 Å². The van der Waals surface area contributed by atoms with E-state index in [1.807, 2.05) is 18.4 Å². The van der Waals surface area contributed by atoms with Gasteiger partial charge in [0.05, 0.1) is 10.6 Å². The van der Waals surface area contributed by atoms with Crippen LogP contribution in [0.1, 0.15) is 27.2 Å². The topological polar surface area (TPSA) is 62.8 Å². The number of allylic oxidation sites excluding steroid dienone is 1. The van der Waals surface area contributed by atoms with Gasteiger partial charge in [-0.3, -0.25) is 14.6 Å². The van der Waals surface area contributed by atoms with Crippen LogP contribution in [0.3, 0.4) is 0 Å². The van der Waals surface area contributed by atoms with Crippen molar-refractivity contribution >= 4 is 45.0 Å². The zero-order valence-electron chi connectivity index (χ0n) is 12.5. The predicted molar refractivity (Wildman–Crippen MR) is 94.5 cm³/mol. The largest absolute Gasteiger partial charge is 0.313 e. The maximum atomic E-state index is 12.4. The van der Waals surface area contributed by atoms with Crippen LogP contribution in [0.5, 0.6) is 0 Å². The molecule has 0 fully saturated rings. The average Bonchev–Trinajstić information content (AvgIpc) is 2.94. The molecular weight excluding hydrogens is 332 g/mol. The minimum atomic E-state index is -0.375. The van der Waals surface area contributed by atoms with E-state index in [2.05, 4.69) is 9.97 Å². The lowest BCUT2D eigenvalue weighted by atomic mass is 10.0. The van der Waals surface area contributed by atoms with E-state index in [1.165, 1.54) is 17.4 Å². The number of carbonyl (C=O) groups is 1. The van der Waals surface area contributed by atoms with Crippen molar-refractivity contribution in [2.24, 2.45) is 0 Å². The molecule has 0 aliphatic rings. The standard InChI is InChI=1S/C17H13ClN2O2S/c1-9-7-13(18)11(8-19-9)3-4-14(21)15-10(2)12-5-6-23-17(12)20-16(15)22/h3-8H,1-2H3,(H,20,22). The Balaban J connectivity index is 2.00. The molecule has 3 aromatic rings. The smallest absolute Gasteiger partial charge is 0.260 e. The number of H-pyrrole nitrogens is 1. The third kappa shape index (κ3) is 2.98. The van der Waals surface area contributed by atoms with E-state index < -0.39 is 0 Å². The minimum Gasteiger partial charge on any atom is -0.313 e. The van der Waals surface area contributed by atoms with Gasteiger partial charge in [0.2, 0.25) is 0 Å². The number of halogens is 1. The highest BCUT2D eigenvalue weighted by molar-refractivity contribution is 7.16. The number of fused-ring (bicyclic) bond motifs is 1. The third-order valence-corrected chi connectivity index (χ3v) is 4.73. The van der Waals surface area contributed by atoms with Crippen LogP contribution in [0.15, 0.2) is 34.6 Å². The van der Waals surface area contributed by atoms with E-state index in [4.69, 9.17) is 11.6 Å². The predicted octanol–water partition coefficient (Wildman–Crippen LogP) is 4.15. The SMILES string of the molecule is Cc1cc(Cl)c(C=CC(=O)c2c(C)c3ccsc3[nH]c2=O)cn1. The zero-order valence-corrected chi connectivity index (χ0v) is 14.1. The van der Waals surface area contributed by atoms with Crippen LogP contribution in [0.25, 0.3) is 16.3 Å². The number of hydrogen-bond acceptors (Lipinski definition) is 4. The van der Waals surface area contributed by atoms with E-state index >= 15 is 0 Å². The number of aromatic nitrogens is 2. The first-order chi connectivity index (χ1) is 11.0. The monoisotopic (exact) mass is 344 g/mol. The molecule has 1 N–H and O–H groups in total. The van der Waals surface area contributed by atoms with E-state index in [9.17, 15) is 9.59 Å². The maximum Gasteiger partial charge on any atom is 0.260 e. The lowest BCUT2D eigenvalue weighted by molar-refractivity contribution is 0.104. The van der Waals surface area contributed by atoms with Crippen molar-refractivity contribution in [3.63, 3.8) is 0 Å². The van der Waals surface area contributed by atoms with Crippen molar-refractivity contribution in [1.82, 2.24) is 9.97 Å². The molecule has 3 rings (SSSR count). The normalized spacial score (nSPS) is 11.4. The van der Waals surface area contributed by atoms with E-state index in [0.29, 0.717) is 16.1 Å². The maximum absolute atomic E-state index is 12.4. The summed E-state index contributed by atoms with van der Waals surface area (Å²) in [6.07, 6.45) is 4.53. The summed E-state index contributed by atoms with van der Waals surface area (Å²) < 4.78 is 0. The van der Waals surface area contributed by atoms with Crippen LogP contribution >= 0.6 is 22.9 Å². The molecule has 0 atom stereocenters. The van der Waals surface area contributed by atoms with Gasteiger partial charge in [-0.25, -0.2) is 0 Å². The van der Waals surface area contributed by atoms with Crippen molar-refractivity contribution in [2.45, 2.75) is 13.8 Å². The Kier molecular flexibility index (Phi) is 4.15. The molecule has 0 amide bonds. The highest BCUT2D eigenvalue weighted by atomic mass is 35.5. The Morgan fingerprint density at radius 3 is 2.91 bits per heavy atom. The van der Waals surface area contributed by atoms with Gasteiger partial charge < -0.3 is 4.98 Å². The Morgan fingerprint density at radius 1 is 1.39 bits per heavy atom. The molecule has 4 nitrogen and oxygen atoms in total. The van der Waals surface area contributed by atoms with Gasteiger partial charge in [0.25, 0.3) is 5.56 Å². The lowest BCUT2D eigenvalue weighted by Crippen LogP contribution is -2.18. The summed E-state index contributed by atoms with van der Waals surface area (Å²) in [5.74, 6) is -0.353. The minimum absolute atomic E-state index is 0.156. The first-order valence-electron chi connectivity index (χ1n) is 6.92. The van der Waals surface area contributed by atoms with Crippen LogP contribution in [0.4, 0.5) is 0 Å². The molecule has 0 aromatic carbocycles. The van der Waals surface area contributed by atoms with Crippen molar-refractivity contribution in [2.75, 3.05) is 0 Å². The number of rotatable bonds is 3. The molecular formula is C17H13ClN2O2S. The van der Waals surface area contributed by atoms with Crippen molar-refractivity contribution < 1.29 is 4.79 Å². The number of nitrogens with zero attached hydrogens (tertiary/aromatic N) is 1. The number of aryl methyl sites for hydroxylation is 2. The summed E-state index contributed by atoms with van der Waals surface area (Å²) in [7, 11) is 0. The quantitative estimate of drug-likeness (QED) is 0.573. The third-order valence-electron chi connectivity index (χ3n) is 3.58. The number of pyridine rings is 2. The van der Waals surface area contributed by atoms with Gasteiger partial charge in [0, 0.05) is 22.8 Å². The molecule has 0 unspecified atom stereocenters.